The number of hydrogen-bond donors (Lipinski definition) is 1. The van der Waals surface area contributed by atoms with E-state index in [0.717, 1.165) is 31.2 Å². The number of ketones is 2. The van der Waals surface area contributed by atoms with E-state index >= 15 is 0 Å². The fourth-order valence-electron chi connectivity index (χ4n) is 3.15. The number of nitrogens with one attached hydrogen (secondary N) is 1. The topological polar surface area (TPSA) is 46.2 Å². The zero-order valence-corrected chi connectivity index (χ0v) is 13.9. The van der Waals surface area contributed by atoms with E-state index in [2.05, 4.69) is 12.2 Å². The van der Waals surface area contributed by atoms with Crippen molar-refractivity contribution >= 4 is 23.2 Å². The first-order chi connectivity index (χ1) is 10.6. The van der Waals surface area contributed by atoms with Crippen molar-refractivity contribution in [3.63, 3.8) is 0 Å². The van der Waals surface area contributed by atoms with Crippen molar-refractivity contribution in [2.45, 2.75) is 52.0 Å². The quantitative estimate of drug-likeness (QED) is 0.789. The second kappa shape index (κ2) is 7.89. The molecule has 120 valence electrons. The lowest BCUT2D eigenvalue weighted by Crippen LogP contribution is -2.36. The molecule has 1 saturated carbocycles. The van der Waals surface area contributed by atoms with Crippen molar-refractivity contribution < 1.29 is 9.59 Å². The number of hydrogen-bond acceptors (Lipinski definition) is 3. The van der Waals surface area contributed by atoms with Gasteiger partial charge in [0.05, 0.1) is 6.54 Å². The van der Waals surface area contributed by atoms with Gasteiger partial charge >= 0.3 is 0 Å². The summed E-state index contributed by atoms with van der Waals surface area (Å²) >= 11 is 5.86. The van der Waals surface area contributed by atoms with Gasteiger partial charge in [0, 0.05) is 29.8 Å². The molecule has 1 aromatic rings. The van der Waals surface area contributed by atoms with E-state index in [1.807, 2.05) is 24.3 Å². The number of rotatable bonds is 8. The fourth-order valence-corrected chi connectivity index (χ4v) is 3.27. The Hall–Kier alpha value is -1.19. The van der Waals surface area contributed by atoms with E-state index < -0.39 is 5.41 Å². The maximum atomic E-state index is 12.6. The number of halogens is 1. The van der Waals surface area contributed by atoms with Crippen molar-refractivity contribution in [1.29, 1.82) is 0 Å². The normalized spacial score (nSPS) is 21.3. The van der Waals surface area contributed by atoms with Gasteiger partial charge in [-0.05, 0) is 30.5 Å². The summed E-state index contributed by atoms with van der Waals surface area (Å²) in [5.74, 6) is 0.433. The molecule has 3 nitrogen and oxygen atoms in total. The smallest absolute Gasteiger partial charge is 0.153 e. The van der Waals surface area contributed by atoms with Crippen LogP contribution in [0.4, 0.5) is 0 Å². The van der Waals surface area contributed by atoms with Crippen molar-refractivity contribution in [1.82, 2.24) is 5.32 Å². The number of carbonyl (C=O) groups is 2. The summed E-state index contributed by atoms with van der Waals surface area (Å²) < 4.78 is 0. The molecule has 0 bridgehead atoms. The summed E-state index contributed by atoms with van der Waals surface area (Å²) in [7, 11) is 0. The number of unbranched alkanes of at least 4 members (excludes halogenated alkanes) is 1. The summed E-state index contributed by atoms with van der Waals surface area (Å²) in [5.41, 5.74) is 0.697. The van der Waals surface area contributed by atoms with Crippen molar-refractivity contribution in [2.24, 2.45) is 5.41 Å². The highest BCUT2D eigenvalue weighted by molar-refractivity contribution is 6.30. The van der Waals surface area contributed by atoms with Gasteiger partial charge in [-0.1, -0.05) is 43.5 Å². The predicted molar refractivity (Wildman–Crippen MR) is 89.0 cm³/mol. The average Bonchev–Trinajstić information content (AvgIpc) is 2.90. The molecule has 1 aliphatic rings. The third kappa shape index (κ3) is 4.40. The van der Waals surface area contributed by atoms with Crippen LogP contribution in [0, 0.1) is 5.41 Å². The summed E-state index contributed by atoms with van der Waals surface area (Å²) in [6.07, 6.45) is 4.64. The highest BCUT2D eigenvalue weighted by atomic mass is 35.5. The second-order valence-corrected chi connectivity index (χ2v) is 6.69. The van der Waals surface area contributed by atoms with Crippen LogP contribution in [-0.2, 0) is 16.1 Å². The lowest BCUT2D eigenvalue weighted by Gasteiger charge is -2.26. The standard InChI is InChI=1S/C18H24ClNO2/c1-2-3-9-18(10-8-16(21)11-18)17(22)13-20-12-14-4-6-15(19)7-5-14/h4-7,20H,2-3,8-13H2,1H3. The van der Waals surface area contributed by atoms with E-state index in [9.17, 15) is 9.59 Å². The van der Waals surface area contributed by atoms with Crippen molar-refractivity contribution in [3.05, 3.63) is 34.9 Å². The third-order valence-electron chi connectivity index (χ3n) is 4.55. The van der Waals surface area contributed by atoms with E-state index in [1.54, 1.807) is 0 Å². The minimum atomic E-state index is -0.403. The van der Waals surface area contributed by atoms with Crippen LogP contribution < -0.4 is 5.32 Å². The van der Waals surface area contributed by atoms with Crippen LogP contribution >= 0.6 is 11.6 Å². The Labute approximate surface area is 137 Å². The SMILES string of the molecule is CCCCC1(C(=O)CNCc2ccc(Cl)cc2)CCC(=O)C1. The van der Waals surface area contributed by atoms with Gasteiger partial charge < -0.3 is 5.32 Å². The van der Waals surface area contributed by atoms with Gasteiger partial charge in [-0.2, -0.15) is 0 Å². The Morgan fingerprint density at radius 1 is 1.32 bits per heavy atom. The van der Waals surface area contributed by atoms with Gasteiger partial charge in [0.1, 0.15) is 5.78 Å². The summed E-state index contributed by atoms with van der Waals surface area (Å²) in [6, 6.07) is 7.59. The molecule has 4 heteroatoms. The van der Waals surface area contributed by atoms with Crippen LogP contribution in [0.2, 0.25) is 5.02 Å². The molecule has 0 spiro atoms. The first-order valence-corrected chi connectivity index (χ1v) is 8.44. The van der Waals surface area contributed by atoms with Crippen molar-refractivity contribution in [2.75, 3.05) is 6.54 Å². The molecule has 1 unspecified atom stereocenters. The molecule has 1 N–H and O–H groups in total. The molecule has 0 heterocycles. The molecule has 0 saturated heterocycles. The van der Waals surface area contributed by atoms with Gasteiger partial charge in [0.15, 0.2) is 5.78 Å². The Bertz CT molecular complexity index is 526. The minimum Gasteiger partial charge on any atom is -0.306 e. The van der Waals surface area contributed by atoms with E-state index in [1.165, 1.54) is 0 Å². The predicted octanol–water partition coefficient (Wildman–Crippen LogP) is 3.93. The molecule has 0 aliphatic heterocycles. The molecule has 22 heavy (non-hydrogen) atoms. The highest BCUT2D eigenvalue weighted by Crippen LogP contribution is 2.41. The monoisotopic (exact) mass is 321 g/mol. The number of carbonyl (C=O) groups excluding carboxylic acids is 2. The lowest BCUT2D eigenvalue weighted by molar-refractivity contribution is -0.130. The Morgan fingerprint density at radius 3 is 2.64 bits per heavy atom. The molecule has 1 atom stereocenters. The molecule has 1 aliphatic carbocycles. The molecule has 0 aromatic heterocycles. The van der Waals surface area contributed by atoms with Crippen molar-refractivity contribution in [3.8, 4) is 0 Å². The Balaban J connectivity index is 1.88. The molecule has 1 aromatic carbocycles. The van der Waals surface area contributed by atoms with Gasteiger partial charge in [-0.15, -0.1) is 0 Å². The lowest BCUT2D eigenvalue weighted by atomic mass is 9.77. The molecular formula is C18H24ClNO2. The van der Waals surface area contributed by atoms with Crippen LogP contribution in [0.3, 0.4) is 0 Å². The van der Waals surface area contributed by atoms with Crippen LogP contribution in [-0.4, -0.2) is 18.1 Å². The first-order valence-electron chi connectivity index (χ1n) is 8.06. The molecule has 0 radical (unpaired) electrons. The van der Waals surface area contributed by atoms with Gasteiger partial charge in [0.25, 0.3) is 0 Å². The zero-order valence-electron chi connectivity index (χ0n) is 13.2. The summed E-state index contributed by atoms with van der Waals surface area (Å²) in [5, 5.41) is 3.92. The molecule has 2 rings (SSSR count). The van der Waals surface area contributed by atoms with Gasteiger partial charge in [-0.3, -0.25) is 9.59 Å². The van der Waals surface area contributed by atoms with Crippen LogP contribution in [0.1, 0.15) is 51.0 Å². The fraction of sp³-hybridized carbons (Fsp3) is 0.556. The summed E-state index contributed by atoms with van der Waals surface area (Å²) in [4.78, 5) is 24.3. The third-order valence-corrected chi connectivity index (χ3v) is 4.80. The summed E-state index contributed by atoms with van der Waals surface area (Å²) in [6.45, 7) is 3.09. The highest BCUT2D eigenvalue weighted by Gasteiger charge is 2.43. The van der Waals surface area contributed by atoms with E-state index in [0.29, 0.717) is 31.0 Å². The Morgan fingerprint density at radius 2 is 2.05 bits per heavy atom. The van der Waals surface area contributed by atoms with Crippen LogP contribution in [0.25, 0.3) is 0 Å². The minimum absolute atomic E-state index is 0.195. The van der Waals surface area contributed by atoms with Crippen LogP contribution in [0.15, 0.2) is 24.3 Å². The number of benzene rings is 1. The van der Waals surface area contributed by atoms with Gasteiger partial charge in [0.2, 0.25) is 0 Å². The first kappa shape index (κ1) is 17.2. The number of Topliss-reactive ketones (excluding diaryl/α,β-unsaturated/α-hetero) is 2. The average molecular weight is 322 g/mol. The van der Waals surface area contributed by atoms with Gasteiger partial charge in [-0.25, -0.2) is 0 Å². The Kier molecular flexibility index (Phi) is 6.16. The van der Waals surface area contributed by atoms with E-state index in [-0.39, 0.29) is 11.6 Å². The second-order valence-electron chi connectivity index (χ2n) is 6.25. The zero-order chi connectivity index (χ0) is 16.0. The van der Waals surface area contributed by atoms with Crippen LogP contribution in [0.5, 0.6) is 0 Å². The van der Waals surface area contributed by atoms with E-state index in [4.69, 9.17) is 11.6 Å². The molecule has 1 fully saturated rings. The maximum absolute atomic E-state index is 12.6. The molecular weight excluding hydrogens is 298 g/mol. The maximum Gasteiger partial charge on any atom is 0.153 e. The largest absolute Gasteiger partial charge is 0.306 e. The molecule has 0 amide bonds.